The van der Waals surface area contributed by atoms with Crippen molar-refractivity contribution in [3.63, 3.8) is 0 Å². The lowest BCUT2D eigenvalue weighted by Crippen LogP contribution is -2.32. The van der Waals surface area contributed by atoms with E-state index in [9.17, 15) is 0 Å². The van der Waals surface area contributed by atoms with E-state index in [0.717, 1.165) is 16.0 Å². The second kappa shape index (κ2) is 6.15. The number of nitrogens with two attached hydrogens (primary N) is 1. The van der Waals surface area contributed by atoms with E-state index in [1.165, 1.54) is 43.4 Å². The maximum atomic E-state index is 5.53. The predicted octanol–water partition coefficient (Wildman–Crippen LogP) is 3.44. The Bertz CT molecular complexity index is 616. The summed E-state index contributed by atoms with van der Waals surface area (Å²) in [6.45, 7) is 2.11. The molecule has 5 nitrogen and oxygen atoms in total. The number of hydrogen-bond acceptors (Lipinski definition) is 6. The first-order valence-corrected chi connectivity index (χ1v) is 8.48. The van der Waals surface area contributed by atoms with Crippen molar-refractivity contribution in [2.75, 3.05) is 17.4 Å². The molecule has 1 saturated carbocycles. The molecule has 3 rings (SSSR count). The Balaban J connectivity index is 2.00. The zero-order chi connectivity index (χ0) is 14.8. The van der Waals surface area contributed by atoms with E-state index in [-0.39, 0.29) is 0 Å². The van der Waals surface area contributed by atoms with Gasteiger partial charge in [-0.05, 0) is 25.8 Å². The van der Waals surface area contributed by atoms with Crippen LogP contribution in [-0.2, 0) is 0 Å². The molecule has 2 aromatic heterocycles. The van der Waals surface area contributed by atoms with Crippen LogP contribution in [0.25, 0.3) is 10.2 Å². The number of nitrogens with zero attached hydrogens (tertiary/aromatic N) is 3. The molecule has 2 aromatic rings. The SMILES string of the molecule is Cc1cc2c(N(C)C3CCCCCC3)nc(NN)nc2s1. The van der Waals surface area contributed by atoms with Gasteiger partial charge in [-0.3, -0.25) is 5.43 Å². The minimum atomic E-state index is 0.500. The van der Waals surface area contributed by atoms with Crippen LogP contribution in [0, 0.1) is 6.92 Å². The van der Waals surface area contributed by atoms with Crippen LogP contribution in [0.3, 0.4) is 0 Å². The largest absolute Gasteiger partial charge is 0.356 e. The molecule has 0 radical (unpaired) electrons. The van der Waals surface area contributed by atoms with Gasteiger partial charge in [-0.2, -0.15) is 4.98 Å². The number of anilines is 2. The summed E-state index contributed by atoms with van der Waals surface area (Å²) in [4.78, 5) is 13.7. The van der Waals surface area contributed by atoms with E-state index < -0.39 is 0 Å². The van der Waals surface area contributed by atoms with Gasteiger partial charge in [-0.15, -0.1) is 11.3 Å². The summed E-state index contributed by atoms with van der Waals surface area (Å²) in [7, 11) is 2.16. The topological polar surface area (TPSA) is 67.1 Å². The van der Waals surface area contributed by atoms with Gasteiger partial charge in [0.1, 0.15) is 10.6 Å². The molecular weight excluding hydrogens is 282 g/mol. The molecule has 0 aromatic carbocycles. The van der Waals surface area contributed by atoms with Gasteiger partial charge in [0.2, 0.25) is 5.95 Å². The maximum Gasteiger partial charge on any atom is 0.240 e. The quantitative estimate of drug-likeness (QED) is 0.516. The molecule has 0 unspecified atom stereocenters. The lowest BCUT2D eigenvalue weighted by molar-refractivity contribution is 0.550. The minimum absolute atomic E-state index is 0.500. The van der Waals surface area contributed by atoms with Crippen LogP contribution in [0.5, 0.6) is 0 Å². The predicted molar refractivity (Wildman–Crippen MR) is 89.9 cm³/mol. The summed E-state index contributed by atoms with van der Waals surface area (Å²) in [5, 5.41) is 1.14. The average Bonchev–Trinajstić information content (AvgIpc) is 2.70. The summed E-state index contributed by atoms with van der Waals surface area (Å²) in [6.07, 6.45) is 7.84. The van der Waals surface area contributed by atoms with Crippen LogP contribution in [0.2, 0.25) is 0 Å². The van der Waals surface area contributed by atoms with Crippen LogP contribution in [-0.4, -0.2) is 23.1 Å². The van der Waals surface area contributed by atoms with Crippen LogP contribution < -0.4 is 16.2 Å². The summed E-state index contributed by atoms with van der Waals surface area (Å²) in [5.74, 6) is 7.03. The fraction of sp³-hybridized carbons (Fsp3) is 0.600. The van der Waals surface area contributed by atoms with Crippen molar-refractivity contribution in [2.45, 2.75) is 51.5 Å². The third-order valence-electron chi connectivity index (χ3n) is 4.33. The fourth-order valence-corrected chi connectivity index (χ4v) is 4.05. The number of thiophene rings is 1. The molecule has 1 aliphatic carbocycles. The van der Waals surface area contributed by atoms with Gasteiger partial charge in [0, 0.05) is 18.0 Å². The highest BCUT2D eigenvalue weighted by molar-refractivity contribution is 7.18. The van der Waals surface area contributed by atoms with E-state index in [0.29, 0.717) is 12.0 Å². The first-order valence-electron chi connectivity index (χ1n) is 7.66. The van der Waals surface area contributed by atoms with Gasteiger partial charge < -0.3 is 4.90 Å². The Kier molecular flexibility index (Phi) is 4.26. The first-order chi connectivity index (χ1) is 10.2. The lowest BCUT2D eigenvalue weighted by atomic mass is 10.1. The smallest absolute Gasteiger partial charge is 0.240 e. The molecule has 6 heteroatoms. The molecule has 0 saturated heterocycles. The zero-order valence-corrected chi connectivity index (χ0v) is 13.5. The zero-order valence-electron chi connectivity index (χ0n) is 12.7. The average molecular weight is 305 g/mol. The fourth-order valence-electron chi connectivity index (χ4n) is 3.18. The summed E-state index contributed by atoms with van der Waals surface area (Å²) >= 11 is 1.69. The van der Waals surface area contributed by atoms with Gasteiger partial charge in [0.15, 0.2) is 0 Å². The van der Waals surface area contributed by atoms with Crippen LogP contribution in [0.1, 0.15) is 43.4 Å². The van der Waals surface area contributed by atoms with Gasteiger partial charge >= 0.3 is 0 Å². The lowest BCUT2D eigenvalue weighted by Gasteiger charge is -2.28. The van der Waals surface area contributed by atoms with Crippen molar-refractivity contribution >= 4 is 33.3 Å². The molecule has 0 aliphatic heterocycles. The van der Waals surface area contributed by atoms with Crippen molar-refractivity contribution in [3.8, 4) is 0 Å². The van der Waals surface area contributed by atoms with Crippen molar-refractivity contribution < 1.29 is 0 Å². The molecule has 0 atom stereocenters. The third-order valence-corrected chi connectivity index (χ3v) is 5.28. The highest BCUT2D eigenvalue weighted by Crippen LogP contribution is 2.33. The van der Waals surface area contributed by atoms with Gasteiger partial charge in [-0.25, -0.2) is 10.8 Å². The molecule has 3 N–H and O–H groups in total. The molecule has 0 amide bonds. The van der Waals surface area contributed by atoms with Gasteiger partial charge in [0.05, 0.1) is 5.39 Å². The summed E-state index contributed by atoms with van der Waals surface area (Å²) in [6, 6.07) is 2.75. The standard InChI is InChI=1S/C15H23N5S/c1-10-9-12-13(17-15(19-16)18-14(12)21-10)20(2)11-7-5-3-4-6-8-11/h9,11H,3-8,16H2,1-2H3,(H,17,18,19). The van der Waals surface area contributed by atoms with Crippen LogP contribution >= 0.6 is 11.3 Å². The number of aryl methyl sites for hydroxylation is 1. The Hall–Kier alpha value is -1.40. The third kappa shape index (κ3) is 2.96. The molecule has 21 heavy (non-hydrogen) atoms. The van der Waals surface area contributed by atoms with Gasteiger partial charge in [-0.1, -0.05) is 25.7 Å². The monoisotopic (exact) mass is 305 g/mol. The normalized spacial score (nSPS) is 16.9. The van der Waals surface area contributed by atoms with Crippen molar-refractivity contribution in [3.05, 3.63) is 10.9 Å². The molecule has 0 bridgehead atoms. The Labute approximate surface area is 129 Å². The molecule has 0 spiro atoms. The maximum absolute atomic E-state index is 5.53. The van der Waals surface area contributed by atoms with Crippen LogP contribution in [0.4, 0.5) is 11.8 Å². The van der Waals surface area contributed by atoms with E-state index in [4.69, 9.17) is 5.84 Å². The van der Waals surface area contributed by atoms with Crippen molar-refractivity contribution in [1.82, 2.24) is 9.97 Å². The molecule has 1 aliphatic rings. The number of aromatic nitrogens is 2. The van der Waals surface area contributed by atoms with Crippen molar-refractivity contribution in [1.29, 1.82) is 0 Å². The van der Waals surface area contributed by atoms with E-state index in [2.05, 4.69) is 40.3 Å². The molecule has 114 valence electrons. The Morgan fingerprint density at radius 3 is 2.62 bits per heavy atom. The van der Waals surface area contributed by atoms with E-state index in [1.807, 2.05) is 0 Å². The molecule has 2 heterocycles. The number of rotatable bonds is 3. The summed E-state index contributed by atoms with van der Waals surface area (Å²) in [5.41, 5.74) is 2.60. The number of nitrogen functional groups attached to an aromatic ring is 1. The van der Waals surface area contributed by atoms with E-state index >= 15 is 0 Å². The first kappa shape index (κ1) is 14.5. The van der Waals surface area contributed by atoms with Crippen molar-refractivity contribution in [2.24, 2.45) is 5.84 Å². The highest BCUT2D eigenvalue weighted by Gasteiger charge is 2.21. The number of nitrogens with one attached hydrogen (secondary N) is 1. The van der Waals surface area contributed by atoms with Crippen LogP contribution in [0.15, 0.2) is 6.07 Å². The number of hydrogen-bond donors (Lipinski definition) is 2. The van der Waals surface area contributed by atoms with E-state index in [1.54, 1.807) is 11.3 Å². The molecule has 1 fully saturated rings. The second-order valence-electron chi connectivity index (χ2n) is 5.85. The second-order valence-corrected chi connectivity index (χ2v) is 7.08. The Morgan fingerprint density at radius 1 is 1.24 bits per heavy atom. The van der Waals surface area contributed by atoms with Gasteiger partial charge in [0.25, 0.3) is 0 Å². The Morgan fingerprint density at radius 2 is 1.95 bits per heavy atom. The number of fused-ring (bicyclic) bond motifs is 1. The highest BCUT2D eigenvalue weighted by atomic mass is 32.1. The molecular formula is C15H23N5S. The minimum Gasteiger partial charge on any atom is -0.356 e. The number of hydrazine groups is 1. The summed E-state index contributed by atoms with van der Waals surface area (Å²) < 4.78 is 0.